The summed E-state index contributed by atoms with van der Waals surface area (Å²) in [7, 11) is 1.19. The number of hydrogen-bond donors (Lipinski definition) is 0. The van der Waals surface area contributed by atoms with Gasteiger partial charge in [-0.1, -0.05) is 0 Å². The molecule has 0 spiro atoms. The second-order valence-electron chi connectivity index (χ2n) is 7.12. The van der Waals surface area contributed by atoms with Crippen LogP contribution in [0.4, 0.5) is 5.69 Å². The zero-order chi connectivity index (χ0) is 18.1. The van der Waals surface area contributed by atoms with Crippen molar-refractivity contribution in [1.29, 1.82) is 0 Å². The number of ether oxygens (including phenoxy) is 1. The van der Waals surface area contributed by atoms with Gasteiger partial charge < -0.3 is 32.8 Å². The van der Waals surface area contributed by atoms with Crippen LogP contribution in [0.3, 0.4) is 0 Å². The molecule has 0 N–H and O–H groups in total. The van der Waals surface area contributed by atoms with E-state index in [0.29, 0.717) is 13.1 Å². The van der Waals surface area contributed by atoms with Crippen molar-refractivity contribution in [3.63, 3.8) is 0 Å². The largest absolute Gasteiger partial charge is 2.00 e. The molecule has 0 amide bonds. The molecule has 1 aliphatic heterocycles. The molecule has 0 saturated carbocycles. The molecule has 1 saturated heterocycles. The van der Waals surface area contributed by atoms with Crippen LogP contribution in [0.2, 0.25) is 0 Å². The summed E-state index contributed by atoms with van der Waals surface area (Å²) in [6.45, 7) is 19.3. The fourth-order valence-electron chi connectivity index (χ4n) is 2.63. The smallest absolute Gasteiger partial charge is 0.430 e. The Morgan fingerprint density at radius 2 is 1.72 bits per heavy atom. The normalized spacial score (nSPS) is 19.4. The molecule has 1 aromatic rings. The summed E-state index contributed by atoms with van der Waals surface area (Å²) in [4.78, 5) is 6.67. The zero-order valence-electron chi connectivity index (χ0n) is 16.5. The van der Waals surface area contributed by atoms with Gasteiger partial charge in [-0.3, -0.25) is 4.98 Å². The maximum atomic E-state index is 6.22. The Hall–Kier alpha value is -0.482. The minimum atomic E-state index is -0.480. The summed E-state index contributed by atoms with van der Waals surface area (Å²) < 4.78 is 17.9. The predicted octanol–water partition coefficient (Wildman–Crippen LogP) is 2.56. The van der Waals surface area contributed by atoms with Gasteiger partial charge in [0.2, 0.25) is 0 Å². The quantitative estimate of drug-likeness (QED) is 0.545. The van der Waals surface area contributed by atoms with Crippen LogP contribution in [0.15, 0.2) is 12.3 Å². The Labute approximate surface area is 165 Å². The summed E-state index contributed by atoms with van der Waals surface area (Å²) in [5, 5.41) is 0. The van der Waals surface area contributed by atoms with Crippen molar-refractivity contribution >= 4 is 18.3 Å². The van der Waals surface area contributed by atoms with E-state index >= 15 is 0 Å². The molecule has 0 aromatic carbocycles. The van der Waals surface area contributed by atoms with E-state index in [9.17, 15) is 0 Å². The first-order valence-corrected chi connectivity index (χ1v) is 8.38. The molecule has 2 rings (SSSR count). The van der Waals surface area contributed by atoms with Crippen molar-refractivity contribution in [2.45, 2.75) is 51.9 Å². The summed E-state index contributed by atoms with van der Waals surface area (Å²) >= 11 is 0. The Morgan fingerprint density at radius 1 is 1.20 bits per heavy atom. The summed E-state index contributed by atoms with van der Waals surface area (Å²) in [5.74, 6) is 0. The van der Waals surface area contributed by atoms with Crippen molar-refractivity contribution in [3.05, 3.63) is 31.8 Å². The number of aromatic nitrogens is 1. The molecule has 5 nitrogen and oxygen atoms in total. The van der Waals surface area contributed by atoms with E-state index < -0.39 is 18.3 Å². The van der Waals surface area contributed by atoms with Crippen LogP contribution in [0.25, 0.3) is 0 Å². The SMILES string of the molecule is [CH2-]CN(C[CH2-])c1cnc([C@H](C)OC)c(B2OC(C)(C)C(C)(C)O2)c1.[Zn+2]. The Bertz CT molecular complexity index is 563. The van der Waals surface area contributed by atoms with Crippen LogP contribution >= 0.6 is 0 Å². The first-order valence-electron chi connectivity index (χ1n) is 8.38. The van der Waals surface area contributed by atoms with Crippen LogP contribution in [0.5, 0.6) is 0 Å². The van der Waals surface area contributed by atoms with Gasteiger partial charge in [-0.25, -0.2) is 0 Å². The van der Waals surface area contributed by atoms with Crippen molar-refractivity contribution in [3.8, 4) is 0 Å². The van der Waals surface area contributed by atoms with Gasteiger partial charge in [0.25, 0.3) is 0 Å². The first-order chi connectivity index (χ1) is 11.2. The summed E-state index contributed by atoms with van der Waals surface area (Å²) in [6, 6.07) is 2.05. The molecule has 7 heteroatoms. The van der Waals surface area contributed by atoms with E-state index in [1.165, 1.54) is 0 Å². The number of pyridine rings is 1. The third kappa shape index (κ3) is 4.44. The molecule has 25 heavy (non-hydrogen) atoms. The number of hydrogen-bond acceptors (Lipinski definition) is 5. The third-order valence-corrected chi connectivity index (χ3v) is 5.09. The van der Waals surface area contributed by atoms with E-state index in [1.807, 2.05) is 45.7 Å². The van der Waals surface area contributed by atoms with E-state index in [0.717, 1.165) is 16.8 Å². The molecular weight excluding hydrogens is 368 g/mol. The number of methoxy groups -OCH3 is 1. The minimum absolute atomic E-state index is 0. The average Bonchev–Trinajstić information content (AvgIpc) is 2.75. The molecule has 0 bridgehead atoms. The van der Waals surface area contributed by atoms with Gasteiger partial charge >= 0.3 is 26.6 Å². The number of rotatable bonds is 6. The number of nitrogens with zero attached hydrogens (tertiary/aromatic N) is 2. The Morgan fingerprint density at radius 3 is 2.16 bits per heavy atom. The van der Waals surface area contributed by atoms with Gasteiger partial charge in [-0.2, -0.15) is 0 Å². The van der Waals surface area contributed by atoms with Gasteiger partial charge in [-0.05, 0) is 40.7 Å². The van der Waals surface area contributed by atoms with Gasteiger partial charge in [-0.15, -0.1) is 13.1 Å². The molecule has 1 atom stereocenters. The Balaban J connectivity index is 0.00000312. The maximum Gasteiger partial charge on any atom is 2.00 e. The van der Waals surface area contributed by atoms with E-state index in [2.05, 4.69) is 24.9 Å². The van der Waals surface area contributed by atoms with Crippen LogP contribution < -0.4 is 10.4 Å². The van der Waals surface area contributed by atoms with Crippen LogP contribution in [0, 0.1) is 13.8 Å². The van der Waals surface area contributed by atoms with E-state index in [1.54, 1.807) is 7.11 Å². The maximum absolute atomic E-state index is 6.22. The van der Waals surface area contributed by atoms with Crippen molar-refractivity contribution in [2.24, 2.45) is 0 Å². The molecule has 1 aromatic heterocycles. The van der Waals surface area contributed by atoms with Crippen LogP contribution in [0.1, 0.15) is 46.4 Å². The second kappa shape index (κ2) is 8.47. The van der Waals surface area contributed by atoms with E-state index in [-0.39, 0.29) is 25.6 Å². The average molecular weight is 398 g/mol. The predicted molar refractivity (Wildman–Crippen MR) is 98.3 cm³/mol. The number of anilines is 1. The van der Waals surface area contributed by atoms with Crippen LogP contribution in [-0.4, -0.2) is 43.5 Å². The molecule has 2 heterocycles. The molecule has 1 aliphatic rings. The molecule has 0 radical (unpaired) electrons. The Kier molecular flexibility index (Phi) is 7.64. The minimum Gasteiger partial charge on any atom is -0.430 e. The van der Waals surface area contributed by atoms with Gasteiger partial charge in [0.1, 0.15) is 0 Å². The first kappa shape index (κ1) is 22.6. The van der Waals surface area contributed by atoms with Gasteiger partial charge in [0.15, 0.2) is 0 Å². The molecular formula is C18H29BN2O3Zn. The summed E-state index contributed by atoms with van der Waals surface area (Å²) in [6.07, 6.45) is 1.68. The van der Waals surface area contributed by atoms with Gasteiger partial charge in [0, 0.05) is 12.6 Å². The molecule has 134 valence electrons. The fourth-order valence-corrected chi connectivity index (χ4v) is 2.63. The molecule has 0 unspecified atom stereocenters. The van der Waals surface area contributed by atoms with E-state index in [4.69, 9.17) is 14.0 Å². The van der Waals surface area contributed by atoms with Crippen molar-refractivity contribution < 1.29 is 33.5 Å². The standard InChI is InChI=1S/C18H29BN2O3.Zn/c1-9-21(10-2)14-11-15(16(20-12-14)13(3)22-8)19-23-17(4,5)18(6,7)24-19;/h11-13H,1-2,9-10H2,3-8H3;/q-2;+2/t13-;/m0./s1. The van der Waals surface area contributed by atoms with Gasteiger partial charge in [0.05, 0.1) is 34.9 Å². The fraction of sp³-hybridized carbons (Fsp3) is 0.611. The summed E-state index contributed by atoms with van der Waals surface area (Å²) in [5.41, 5.74) is 1.87. The topological polar surface area (TPSA) is 43.8 Å². The second-order valence-corrected chi connectivity index (χ2v) is 7.12. The van der Waals surface area contributed by atoms with Crippen molar-refractivity contribution in [2.75, 3.05) is 25.1 Å². The van der Waals surface area contributed by atoms with Crippen molar-refractivity contribution in [1.82, 2.24) is 4.98 Å². The molecule has 0 aliphatic carbocycles. The monoisotopic (exact) mass is 396 g/mol. The molecule has 1 fully saturated rings. The zero-order valence-corrected chi connectivity index (χ0v) is 19.4. The van der Waals surface area contributed by atoms with Crippen LogP contribution in [-0.2, 0) is 33.5 Å². The third-order valence-electron chi connectivity index (χ3n) is 5.09.